The summed E-state index contributed by atoms with van der Waals surface area (Å²) in [6.07, 6.45) is 1.92. The lowest BCUT2D eigenvalue weighted by Gasteiger charge is -2.36. The van der Waals surface area contributed by atoms with E-state index in [4.69, 9.17) is 9.84 Å². The molecular weight excluding hydrogens is 184 g/mol. The zero-order chi connectivity index (χ0) is 10.3. The number of ether oxygens (including phenoxy) is 1. The van der Waals surface area contributed by atoms with Crippen LogP contribution in [0.3, 0.4) is 0 Å². The van der Waals surface area contributed by atoms with Crippen molar-refractivity contribution < 1.29 is 19.7 Å². The van der Waals surface area contributed by atoms with E-state index in [9.17, 15) is 9.90 Å². The van der Waals surface area contributed by atoms with Crippen LogP contribution in [-0.2, 0) is 9.53 Å². The van der Waals surface area contributed by atoms with E-state index in [0.717, 1.165) is 12.0 Å². The number of hydrogen-bond acceptors (Lipinski definition) is 3. The molecule has 78 valence electrons. The smallest absolute Gasteiger partial charge is 0.309 e. The van der Waals surface area contributed by atoms with Crippen LogP contribution in [0.5, 0.6) is 0 Å². The molecule has 0 spiro atoms. The highest BCUT2D eigenvalue weighted by atomic mass is 16.6. The summed E-state index contributed by atoms with van der Waals surface area (Å²) in [4.78, 5) is 10.9. The van der Waals surface area contributed by atoms with Gasteiger partial charge in [-0.1, -0.05) is 11.6 Å². The molecule has 0 aromatic heterocycles. The number of rotatable bonds is 1. The number of carbonyl (C=O) groups is 1. The van der Waals surface area contributed by atoms with E-state index >= 15 is 0 Å². The van der Waals surface area contributed by atoms with Gasteiger partial charge in [-0.3, -0.25) is 4.79 Å². The third-order valence-electron chi connectivity index (χ3n) is 3.29. The molecule has 0 saturated carbocycles. The van der Waals surface area contributed by atoms with E-state index in [1.165, 1.54) is 0 Å². The molecule has 4 nitrogen and oxygen atoms in total. The normalized spacial score (nSPS) is 41.7. The molecule has 1 aliphatic carbocycles. The monoisotopic (exact) mass is 198 g/mol. The summed E-state index contributed by atoms with van der Waals surface area (Å²) < 4.78 is 5.07. The highest BCUT2D eigenvalue weighted by molar-refractivity contribution is 5.71. The van der Waals surface area contributed by atoms with Crippen LogP contribution in [0.2, 0.25) is 0 Å². The Morgan fingerprint density at radius 3 is 3.00 bits per heavy atom. The third-order valence-corrected chi connectivity index (χ3v) is 3.29. The standard InChI is InChI=1S/C10H14O4/c1-5-2-3-6-7(9(11)12)4-14-10(13)8(5)6/h2,6-8,10,13H,3-4H2,1H3,(H,11,12). The Labute approximate surface area is 82.2 Å². The summed E-state index contributed by atoms with van der Waals surface area (Å²) in [6.45, 7) is 2.04. The molecule has 4 unspecified atom stereocenters. The predicted molar refractivity (Wildman–Crippen MR) is 48.4 cm³/mol. The summed E-state index contributed by atoms with van der Waals surface area (Å²) >= 11 is 0. The number of hydrogen-bond donors (Lipinski definition) is 2. The van der Waals surface area contributed by atoms with Gasteiger partial charge in [-0.25, -0.2) is 0 Å². The van der Waals surface area contributed by atoms with Gasteiger partial charge in [-0.15, -0.1) is 0 Å². The molecule has 2 aliphatic rings. The van der Waals surface area contributed by atoms with Gasteiger partial charge in [-0.05, 0) is 19.3 Å². The van der Waals surface area contributed by atoms with Crippen molar-refractivity contribution in [1.82, 2.24) is 0 Å². The van der Waals surface area contributed by atoms with Crippen molar-refractivity contribution in [3.05, 3.63) is 11.6 Å². The van der Waals surface area contributed by atoms with E-state index in [-0.39, 0.29) is 18.4 Å². The van der Waals surface area contributed by atoms with Crippen LogP contribution in [0.1, 0.15) is 13.3 Å². The van der Waals surface area contributed by atoms with Crippen LogP contribution in [0.15, 0.2) is 11.6 Å². The van der Waals surface area contributed by atoms with Gasteiger partial charge >= 0.3 is 5.97 Å². The molecule has 2 N–H and O–H groups in total. The fraction of sp³-hybridized carbons (Fsp3) is 0.700. The van der Waals surface area contributed by atoms with E-state index in [2.05, 4.69) is 0 Å². The molecule has 0 bridgehead atoms. The number of aliphatic hydroxyl groups excluding tert-OH is 1. The Morgan fingerprint density at radius 1 is 1.64 bits per heavy atom. The highest BCUT2D eigenvalue weighted by Gasteiger charge is 2.45. The van der Waals surface area contributed by atoms with Gasteiger partial charge in [0, 0.05) is 5.92 Å². The second-order valence-corrected chi connectivity index (χ2v) is 4.04. The van der Waals surface area contributed by atoms with Crippen LogP contribution in [0, 0.1) is 17.8 Å². The number of fused-ring (bicyclic) bond motifs is 1. The van der Waals surface area contributed by atoms with Crippen LogP contribution in [0.4, 0.5) is 0 Å². The average molecular weight is 198 g/mol. The summed E-state index contributed by atoms with van der Waals surface area (Å²) in [5.74, 6) is -1.41. The van der Waals surface area contributed by atoms with Crippen molar-refractivity contribution in [3.8, 4) is 0 Å². The van der Waals surface area contributed by atoms with Crippen LogP contribution in [-0.4, -0.2) is 29.1 Å². The Bertz CT molecular complexity index is 284. The van der Waals surface area contributed by atoms with Crippen molar-refractivity contribution in [2.45, 2.75) is 19.6 Å². The van der Waals surface area contributed by atoms with Crippen molar-refractivity contribution in [2.24, 2.45) is 17.8 Å². The summed E-state index contributed by atoms with van der Waals surface area (Å²) in [7, 11) is 0. The van der Waals surface area contributed by atoms with Gasteiger partial charge < -0.3 is 14.9 Å². The average Bonchev–Trinajstić information content (AvgIpc) is 2.49. The molecule has 2 rings (SSSR count). The zero-order valence-electron chi connectivity index (χ0n) is 8.01. The lowest BCUT2D eigenvalue weighted by atomic mass is 9.79. The Morgan fingerprint density at radius 2 is 2.36 bits per heavy atom. The van der Waals surface area contributed by atoms with E-state index < -0.39 is 18.2 Å². The molecule has 0 aromatic rings. The quantitative estimate of drug-likeness (QED) is 0.606. The topological polar surface area (TPSA) is 66.8 Å². The summed E-state index contributed by atoms with van der Waals surface area (Å²) in [5, 5.41) is 18.6. The Balaban J connectivity index is 2.20. The highest BCUT2D eigenvalue weighted by Crippen LogP contribution is 2.42. The van der Waals surface area contributed by atoms with Gasteiger partial charge in [0.25, 0.3) is 0 Å². The third kappa shape index (κ3) is 1.35. The number of aliphatic carboxylic acids is 1. The van der Waals surface area contributed by atoms with E-state index in [0.29, 0.717) is 0 Å². The Hall–Kier alpha value is -0.870. The van der Waals surface area contributed by atoms with Gasteiger partial charge in [0.1, 0.15) is 0 Å². The minimum atomic E-state index is -0.825. The van der Waals surface area contributed by atoms with Crippen LogP contribution >= 0.6 is 0 Å². The molecule has 1 saturated heterocycles. The molecule has 1 heterocycles. The number of aliphatic hydroxyl groups is 1. The predicted octanol–water partition coefficient (Wildman–Crippen LogP) is 0.618. The van der Waals surface area contributed by atoms with Crippen molar-refractivity contribution in [2.75, 3.05) is 6.61 Å². The summed E-state index contributed by atoms with van der Waals surface area (Å²) in [6, 6.07) is 0. The first-order chi connectivity index (χ1) is 6.61. The SMILES string of the molecule is CC1=CCC2C(C(=O)O)COC(O)C12. The molecule has 0 radical (unpaired) electrons. The second kappa shape index (κ2) is 3.37. The zero-order valence-corrected chi connectivity index (χ0v) is 8.01. The second-order valence-electron chi connectivity index (χ2n) is 4.04. The molecular formula is C10H14O4. The maximum atomic E-state index is 10.9. The van der Waals surface area contributed by atoms with Gasteiger partial charge in [0.05, 0.1) is 12.5 Å². The minimum absolute atomic E-state index is 0.0104. The van der Waals surface area contributed by atoms with Gasteiger partial charge in [-0.2, -0.15) is 0 Å². The largest absolute Gasteiger partial charge is 0.481 e. The number of carboxylic acid groups (broad SMARTS) is 1. The maximum Gasteiger partial charge on any atom is 0.309 e. The molecule has 4 heteroatoms. The summed E-state index contributed by atoms with van der Waals surface area (Å²) in [5.41, 5.74) is 1.05. The van der Waals surface area contributed by atoms with Crippen LogP contribution < -0.4 is 0 Å². The van der Waals surface area contributed by atoms with Crippen molar-refractivity contribution in [3.63, 3.8) is 0 Å². The van der Waals surface area contributed by atoms with Crippen molar-refractivity contribution >= 4 is 5.97 Å². The van der Waals surface area contributed by atoms with Gasteiger partial charge in [0.15, 0.2) is 6.29 Å². The van der Waals surface area contributed by atoms with E-state index in [1.54, 1.807) is 0 Å². The lowest BCUT2D eigenvalue weighted by Crippen LogP contribution is -2.43. The fourth-order valence-electron chi connectivity index (χ4n) is 2.48. The molecule has 0 amide bonds. The van der Waals surface area contributed by atoms with Crippen LogP contribution in [0.25, 0.3) is 0 Å². The Kier molecular flexibility index (Phi) is 2.33. The molecule has 1 fully saturated rings. The minimum Gasteiger partial charge on any atom is -0.481 e. The first-order valence-electron chi connectivity index (χ1n) is 4.80. The number of carboxylic acids is 1. The molecule has 14 heavy (non-hydrogen) atoms. The molecule has 1 aliphatic heterocycles. The maximum absolute atomic E-state index is 10.9. The first-order valence-corrected chi connectivity index (χ1v) is 4.80. The van der Waals surface area contributed by atoms with Crippen molar-refractivity contribution in [1.29, 1.82) is 0 Å². The first kappa shape index (κ1) is 9.68. The molecule has 0 aromatic carbocycles. The molecule has 4 atom stereocenters. The van der Waals surface area contributed by atoms with Gasteiger partial charge in [0.2, 0.25) is 0 Å². The fourth-order valence-corrected chi connectivity index (χ4v) is 2.48. The lowest BCUT2D eigenvalue weighted by molar-refractivity contribution is -0.193. The number of allylic oxidation sites excluding steroid dienone is 1. The van der Waals surface area contributed by atoms with E-state index in [1.807, 2.05) is 13.0 Å².